The second kappa shape index (κ2) is 12.6. The molecule has 0 saturated carbocycles. The van der Waals surface area contributed by atoms with Crippen LogP contribution in [0.4, 0.5) is 0 Å². The van der Waals surface area contributed by atoms with Crippen molar-refractivity contribution in [2.45, 2.75) is 0 Å². The van der Waals surface area contributed by atoms with Crippen molar-refractivity contribution in [1.29, 1.82) is 0 Å². The van der Waals surface area contributed by atoms with Crippen molar-refractivity contribution in [1.82, 2.24) is 15.0 Å². The highest BCUT2D eigenvalue weighted by molar-refractivity contribution is 7.26. The summed E-state index contributed by atoms with van der Waals surface area (Å²) in [6.45, 7) is 0. The van der Waals surface area contributed by atoms with E-state index in [0.717, 1.165) is 77.3 Å². The largest absolute Gasteiger partial charge is 0.455 e. The maximum absolute atomic E-state index is 6.72. The third-order valence-corrected chi connectivity index (χ3v) is 12.2. The standard InChI is InChI=1S/C51H29N3O2S/c1-3-13-30(14-4-1)49-52-50(31-15-5-2-6-16-31)54-51(53-49)39-22-12-21-38-41-27-32(25-26-44(41)56-47(38)39)40-28-33(29-42-36-18-8-10-24-45(36)57-48(40)42)34-19-11-20-37-35-17-7-9-23-43(35)55-46(34)37/h1-29H. The Morgan fingerprint density at radius 3 is 1.65 bits per heavy atom. The Kier molecular flexibility index (Phi) is 7.03. The molecule has 12 aromatic rings. The molecule has 0 spiro atoms. The van der Waals surface area contributed by atoms with E-state index in [4.69, 9.17) is 23.8 Å². The van der Waals surface area contributed by atoms with Crippen molar-refractivity contribution in [3.05, 3.63) is 176 Å². The van der Waals surface area contributed by atoms with Crippen LogP contribution in [0.25, 0.3) is 120 Å². The smallest absolute Gasteiger partial charge is 0.167 e. The fourth-order valence-electron chi connectivity index (χ4n) is 8.24. The monoisotopic (exact) mass is 747 g/mol. The summed E-state index contributed by atoms with van der Waals surface area (Å²) in [6, 6.07) is 60.9. The van der Waals surface area contributed by atoms with Crippen LogP contribution in [0.2, 0.25) is 0 Å². The number of rotatable bonds is 5. The highest BCUT2D eigenvalue weighted by atomic mass is 32.1. The number of hydrogen-bond acceptors (Lipinski definition) is 6. The molecule has 4 aromatic heterocycles. The van der Waals surface area contributed by atoms with E-state index in [1.807, 2.05) is 90.2 Å². The zero-order valence-electron chi connectivity index (χ0n) is 30.3. The molecular formula is C51H29N3O2S. The highest BCUT2D eigenvalue weighted by Crippen LogP contribution is 2.46. The number of thiophene rings is 1. The lowest BCUT2D eigenvalue weighted by Gasteiger charge is -2.10. The summed E-state index contributed by atoms with van der Waals surface area (Å²) in [6.07, 6.45) is 0. The average Bonchev–Trinajstić information content (AvgIpc) is 3.98. The van der Waals surface area contributed by atoms with E-state index in [-0.39, 0.29) is 0 Å². The van der Waals surface area contributed by atoms with Gasteiger partial charge in [0.25, 0.3) is 0 Å². The van der Waals surface area contributed by atoms with Crippen molar-refractivity contribution in [3.8, 4) is 56.4 Å². The van der Waals surface area contributed by atoms with Crippen LogP contribution < -0.4 is 0 Å². The first-order valence-electron chi connectivity index (χ1n) is 18.9. The molecule has 0 aliphatic rings. The Morgan fingerprint density at radius 2 is 0.895 bits per heavy atom. The van der Waals surface area contributed by atoms with E-state index in [0.29, 0.717) is 17.5 Å². The molecule has 0 amide bonds. The van der Waals surface area contributed by atoms with Crippen LogP contribution in [0.5, 0.6) is 0 Å². The van der Waals surface area contributed by atoms with Crippen molar-refractivity contribution < 1.29 is 8.83 Å². The summed E-state index contributed by atoms with van der Waals surface area (Å²) in [5.41, 5.74) is 10.5. The summed E-state index contributed by atoms with van der Waals surface area (Å²) in [5.74, 6) is 1.79. The molecule has 0 fully saturated rings. The molecule has 0 radical (unpaired) electrons. The molecule has 0 bridgehead atoms. The third kappa shape index (κ3) is 5.12. The zero-order chi connectivity index (χ0) is 37.5. The fraction of sp³-hybridized carbons (Fsp3) is 0. The molecule has 6 heteroatoms. The second-order valence-corrected chi connectivity index (χ2v) is 15.4. The van der Waals surface area contributed by atoms with Gasteiger partial charge >= 0.3 is 0 Å². The number of hydrogen-bond donors (Lipinski definition) is 0. The summed E-state index contributed by atoms with van der Waals surface area (Å²) in [4.78, 5) is 15.0. The van der Waals surface area contributed by atoms with Gasteiger partial charge in [-0.15, -0.1) is 11.3 Å². The minimum absolute atomic E-state index is 0.562. The van der Waals surface area contributed by atoms with Gasteiger partial charge in [0.05, 0.1) is 5.56 Å². The van der Waals surface area contributed by atoms with Crippen LogP contribution in [0.15, 0.2) is 185 Å². The number of benzene rings is 8. The minimum Gasteiger partial charge on any atom is -0.455 e. The lowest BCUT2D eigenvalue weighted by Crippen LogP contribution is -2.00. The van der Waals surface area contributed by atoms with E-state index in [9.17, 15) is 0 Å². The highest BCUT2D eigenvalue weighted by Gasteiger charge is 2.21. The second-order valence-electron chi connectivity index (χ2n) is 14.3. The molecule has 12 rings (SSSR count). The first-order valence-corrected chi connectivity index (χ1v) is 19.7. The molecule has 266 valence electrons. The predicted molar refractivity (Wildman–Crippen MR) is 234 cm³/mol. The quantitative estimate of drug-likeness (QED) is 0.175. The molecule has 57 heavy (non-hydrogen) atoms. The van der Waals surface area contributed by atoms with Gasteiger partial charge in [-0.05, 0) is 53.6 Å². The first-order chi connectivity index (χ1) is 28.2. The van der Waals surface area contributed by atoms with Gasteiger partial charge in [-0.2, -0.15) is 0 Å². The van der Waals surface area contributed by atoms with E-state index < -0.39 is 0 Å². The Balaban J connectivity index is 1.06. The van der Waals surface area contributed by atoms with Gasteiger partial charge in [0.1, 0.15) is 22.3 Å². The topological polar surface area (TPSA) is 65.0 Å². The molecule has 0 aliphatic carbocycles. The molecule has 8 aromatic carbocycles. The number of aromatic nitrogens is 3. The van der Waals surface area contributed by atoms with Crippen molar-refractivity contribution >= 4 is 75.4 Å². The Morgan fingerprint density at radius 1 is 0.333 bits per heavy atom. The van der Waals surface area contributed by atoms with Gasteiger partial charge in [-0.25, -0.2) is 15.0 Å². The van der Waals surface area contributed by atoms with Gasteiger partial charge in [0, 0.05) is 64.0 Å². The molecule has 0 atom stereocenters. The fourth-order valence-corrected chi connectivity index (χ4v) is 9.46. The zero-order valence-corrected chi connectivity index (χ0v) is 31.1. The normalized spacial score (nSPS) is 11.9. The van der Waals surface area contributed by atoms with Gasteiger partial charge < -0.3 is 8.83 Å². The maximum atomic E-state index is 6.72. The molecule has 4 heterocycles. The maximum Gasteiger partial charge on any atom is 0.167 e. The summed E-state index contributed by atoms with van der Waals surface area (Å²) in [7, 11) is 0. The van der Waals surface area contributed by atoms with E-state index >= 15 is 0 Å². The molecule has 0 saturated heterocycles. The first kappa shape index (κ1) is 31.9. The summed E-state index contributed by atoms with van der Waals surface area (Å²) in [5, 5.41) is 6.75. The van der Waals surface area contributed by atoms with E-state index in [1.165, 1.54) is 25.7 Å². The van der Waals surface area contributed by atoms with Gasteiger partial charge in [0.15, 0.2) is 17.5 Å². The van der Waals surface area contributed by atoms with Gasteiger partial charge in [-0.3, -0.25) is 0 Å². The number of nitrogens with zero attached hydrogens (tertiary/aromatic N) is 3. The molecule has 0 N–H and O–H groups in total. The van der Waals surface area contributed by atoms with Crippen molar-refractivity contribution in [2.75, 3.05) is 0 Å². The van der Waals surface area contributed by atoms with E-state index in [2.05, 4.69) is 97.1 Å². The Hall–Kier alpha value is -7.41. The SMILES string of the molecule is c1ccc(-c2nc(-c3ccccc3)nc(-c3cccc4c3oc3ccc(-c5cc(-c6cccc7c6oc6ccccc67)cc6c5sc5ccccc56)cc34)n2)cc1. The van der Waals surface area contributed by atoms with Gasteiger partial charge in [0.2, 0.25) is 0 Å². The van der Waals surface area contributed by atoms with Crippen LogP contribution in [0.1, 0.15) is 0 Å². The van der Waals surface area contributed by atoms with E-state index in [1.54, 1.807) is 0 Å². The molecular weight excluding hydrogens is 719 g/mol. The minimum atomic E-state index is 0.562. The number of furan rings is 2. The Labute approximate surface area is 330 Å². The third-order valence-electron chi connectivity index (χ3n) is 10.9. The lowest BCUT2D eigenvalue weighted by molar-refractivity contribution is 0.669. The lowest BCUT2D eigenvalue weighted by atomic mass is 9.94. The van der Waals surface area contributed by atoms with Crippen LogP contribution in [-0.4, -0.2) is 15.0 Å². The molecule has 0 aliphatic heterocycles. The average molecular weight is 748 g/mol. The summed E-state index contributed by atoms with van der Waals surface area (Å²) >= 11 is 1.83. The molecule has 5 nitrogen and oxygen atoms in total. The van der Waals surface area contributed by atoms with Crippen molar-refractivity contribution in [3.63, 3.8) is 0 Å². The number of fused-ring (bicyclic) bond motifs is 9. The summed E-state index contributed by atoms with van der Waals surface area (Å²) < 4.78 is 15.8. The predicted octanol–water partition coefficient (Wildman–Crippen LogP) is 14.4. The Bertz CT molecular complexity index is 3470. The number of para-hydroxylation sites is 3. The van der Waals surface area contributed by atoms with Crippen LogP contribution in [-0.2, 0) is 0 Å². The van der Waals surface area contributed by atoms with Crippen LogP contribution in [0.3, 0.4) is 0 Å². The van der Waals surface area contributed by atoms with Crippen LogP contribution >= 0.6 is 11.3 Å². The van der Waals surface area contributed by atoms with Crippen LogP contribution in [0, 0.1) is 0 Å². The molecule has 0 unspecified atom stereocenters. The van der Waals surface area contributed by atoms with Crippen molar-refractivity contribution in [2.24, 2.45) is 0 Å². The van der Waals surface area contributed by atoms with Gasteiger partial charge in [-0.1, -0.05) is 133 Å².